The fourth-order valence-corrected chi connectivity index (χ4v) is 3.21. The van der Waals surface area contributed by atoms with Crippen molar-refractivity contribution in [1.29, 1.82) is 0 Å². The van der Waals surface area contributed by atoms with Crippen LogP contribution in [0.3, 0.4) is 0 Å². The Morgan fingerprint density at radius 1 is 1.27 bits per heavy atom. The lowest BCUT2D eigenvalue weighted by atomic mass is 10.0. The van der Waals surface area contributed by atoms with Crippen molar-refractivity contribution in [2.75, 3.05) is 6.54 Å². The molecular weight excluding hydrogens is 296 g/mol. The molecule has 1 saturated heterocycles. The number of amides is 1. The summed E-state index contributed by atoms with van der Waals surface area (Å²) in [5.74, 6) is 0.00489. The van der Waals surface area contributed by atoms with Crippen LogP contribution in [-0.2, 0) is 0 Å². The maximum Gasteiger partial charge on any atom is 0.255 e. The fourth-order valence-electron chi connectivity index (χ4n) is 3.01. The molecular formula is C18H19ClN2O. The Balaban J connectivity index is 1.99. The van der Waals surface area contributed by atoms with Gasteiger partial charge in [0, 0.05) is 23.8 Å². The molecule has 2 aromatic rings. The maximum atomic E-state index is 12.9. The van der Waals surface area contributed by atoms with E-state index in [1.807, 2.05) is 35.2 Å². The third kappa shape index (κ3) is 2.73. The van der Waals surface area contributed by atoms with E-state index in [9.17, 15) is 4.79 Å². The quantitative estimate of drug-likeness (QED) is 0.822. The van der Waals surface area contributed by atoms with Crippen molar-refractivity contribution >= 4 is 17.5 Å². The van der Waals surface area contributed by atoms with Gasteiger partial charge in [-0.1, -0.05) is 23.7 Å². The molecule has 0 bridgehead atoms. The van der Waals surface area contributed by atoms with E-state index in [0.29, 0.717) is 10.6 Å². The average molecular weight is 315 g/mol. The highest BCUT2D eigenvalue weighted by Gasteiger charge is 2.36. The summed E-state index contributed by atoms with van der Waals surface area (Å²) in [4.78, 5) is 19.2. The SMILES string of the molecule is CC1(C)CCCN1C(=O)c1cc(-c2ccccn2)ccc1Cl. The smallest absolute Gasteiger partial charge is 0.255 e. The van der Waals surface area contributed by atoms with Crippen molar-refractivity contribution in [3.63, 3.8) is 0 Å². The predicted molar refractivity (Wildman–Crippen MR) is 89.0 cm³/mol. The zero-order valence-corrected chi connectivity index (χ0v) is 13.6. The molecule has 0 aliphatic carbocycles. The molecule has 1 fully saturated rings. The first-order valence-corrected chi connectivity index (χ1v) is 7.90. The molecule has 1 amide bonds. The number of likely N-dealkylation sites (tertiary alicyclic amines) is 1. The highest BCUT2D eigenvalue weighted by molar-refractivity contribution is 6.34. The number of carbonyl (C=O) groups is 1. The molecule has 1 aliphatic rings. The second kappa shape index (κ2) is 5.73. The summed E-state index contributed by atoms with van der Waals surface area (Å²) in [5.41, 5.74) is 2.19. The second-order valence-electron chi connectivity index (χ2n) is 6.28. The molecule has 1 aromatic carbocycles. The lowest BCUT2D eigenvalue weighted by molar-refractivity contribution is 0.0652. The summed E-state index contributed by atoms with van der Waals surface area (Å²) < 4.78 is 0. The van der Waals surface area contributed by atoms with Gasteiger partial charge >= 0.3 is 0 Å². The minimum atomic E-state index is -0.110. The van der Waals surface area contributed by atoms with Gasteiger partial charge in [-0.05, 0) is 51.0 Å². The van der Waals surface area contributed by atoms with Gasteiger partial charge in [0.25, 0.3) is 5.91 Å². The summed E-state index contributed by atoms with van der Waals surface area (Å²) in [6, 6.07) is 11.3. The number of hydrogen-bond acceptors (Lipinski definition) is 2. The Labute approximate surface area is 135 Å². The molecule has 0 unspecified atom stereocenters. The number of carbonyl (C=O) groups excluding carboxylic acids is 1. The van der Waals surface area contributed by atoms with Crippen LogP contribution in [0.25, 0.3) is 11.3 Å². The largest absolute Gasteiger partial charge is 0.333 e. The van der Waals surface area contributed by atoms with Crippen LogP contribution in [0.5, 0.6) is 0 Å². The van der Waals surface area contributed by atoms with Gasteiger partial charge in [0.2, 0.25) is 0 Å². The van der Waals surface area contributed by atoms with Crippen LogP contribution in [-0.4, -0.2) is 27.9 Å². The molecule has 0 atom stereocenters. The first kappa shape index (κ1) is 15.0. The van der Waals surface area contributed by atoms with Gasteiger partial charge in [0.1, 0.15) is 0 Å². The van der Waals surface area contributed by atoms with E-state index in [1.54, 1.807) is 12.3 Å². The number of hydrogen-bond donors (Lipinski definition) is 0. The standard InChI is InChI=1S/C18H19ClN2O/c1-18(2)9-5-11-21(18)17(22)14-12-13(7-8-15(14)19)16-6-3-4-10-20-16/h3-4,6-8,10,12H,5,9,11H2,1-2H3. The molecule has 1 aliphatic heterocycles. The molecule has 0 saturated carbocycles. The molecule has 4 heteroatoms. The van der Waals surface area contributed by atoms with Crippen molar-refractivity contribution in [2.45, 2.75) is 32.2 Å². The lowest BCUT2D eigenvalue weighted by Gasteiger charge is -2.32. The van der Waals surface area contributed by atoms with Gasteiger partial charge < -0.3 is 4.90 Å². The normalized spacial score (nSPS) is 16.8. The Morgan fingerprint density at radius 3 is 2.73 bits per heavy atom. The highest BCUT2D eigenvalue weighted by Crippen LogP contribution is 2.32. The molecule has 22 heavy (non-hydrogen) atoms. The van der Waals surface area contributed by atoms with Crippen molar-refractivity contribution in [3.05, 3.63) is 53.2 Å². The van der Waals surface area contributed by atoms with E-state index in [2.05, 4.69) is 18.8 Å². The van der Waals surface area contributed by atoms with Gasteiger partial charge in [-0.2, -0.15) is 0 Å². The summed E-state index contributed by atoms with van der Waals surface area (Å²) in [7, 11) is 0. The van der Waals surface area contributed by atoms with E-state index in [1.165, 1.54) is 0 Å². The van der Waals surface area contributed by atoms with Crippen LogP contribution in [0.2, 0.25) is 5.02 Å². The summed E-state index contributed by atoms with van der Waals surface area (Å²) in [6.45, 7) is 5.00. The molecule has 0 N–H and O–H groups in total. The van der Waals surface area contributed by atoms with Gasteiger partial charge in [-0.3, -0.25) is 9.78 Å². The molecule has 0 spiro atoms. The van der Waals surface area contributed by atoms with Gasteiger partial charge in [0.15, 0.2) is 0 Å². The lowest BCUT2D eigenvalue weighted by Crippen LogP contribution is -2.42. The topological polar surface area (TPSA) is 33.2 Å². The molecule has 2 heterocycles. The predicted octanol–water partition coefficient (Wildman–Crippen LogP) is 4.42. The van der Waals surface area contributed by atoms with Crippen LogP contribution in [0.4, 0.5) is 0 Å². The number of halogens is 1. The molecule has 1 aromatic heterocycles. The Morgan fingerprint density at radius 2 is 2.09 bits per heavy atom. The monoisotopic (exact) mass is 314 g/mol. The number of aromatic nitrogens is 1. The van der Waals surface area contributed by atoms with Gasteiger partial charge in [-0.25, -0.2) is 0 Å². The molecule has 114 valence electrons. The van der Waals surface area contributed by atoms with E-state index in [4.69, 9.17) is 11.6 Å². The van der Waals surface area contributed by atoms with Crippen LogP contribution < -0.4 is 0 Å². The summed E-state index contributed by atoms with van der Waals surface area (Å²) in [6.07, 6.45) is 3.81. The van der Waals surface area contributed by atoms with E-state index < -0.39 is 0 Å². The van der Waals surface area contributed by atoms with Crippen LogP contribution >= 0.6 is 11.6 Å². The van der Waals surface area contributed by atoms with Crippen LogP contribution in [0.1, 0.15) is 37.0 Å². The van der Waals surface area contributed by atoms with Crippen molar-refractivity contribution in [1.82, 2.24) is 9.88 Å². The zero-order valence-electron chi connectivity index (χ0n) is 12.8. The number of benzene rings is 1. The minimum Gasteiger partial charge on any atom is -0.333 e. The highest BCUT2D eigenvalue weighted by atomic mass is 35.5. The third-order valence-corrected chi connectivity index (χ3v) is 4.63. The maximum absolute atomic E-state index is 12.9. The van der Waals surface area contributed by atoms with Gasteiger partial charge in [-0.15, -0.1) is 0 Å². The molecule has 3 nitrogen and oxygen atoms in total. The number of nitrogens with zero attached hydrogens (tertiary/aromatic N) is 2. The van der Waals surface area contributed by atoms with Crippen LogP contribution in [0.15, 0.2) is 42.6 Å². The Bertz CT molecular complexity index is 697. The fraction of sp³-hybridized carbons (Fsp3) is 0.333. The zero-order chi connectivity index (χ0) is 15.7. The summed E-state index contributed by atoms with van der Waals surface area (Å²) in [5, 5.41) is 0.493. The third-order valence-electron chi connectivity index (χ3n) is 4.30. The van der Waals surface area contributed by atoms with Gasteiger partial charge in [0.05, 0.1) is 16.3 Å². The number of pyridine rings is 1. The first-order chi connectivity index (χ1) is 10.5. The average Bonchev–Trinajstić information content (AvgIpc) is 2.87. The van der Waals surface area contributed by atoms with Crippen molar-refractivity contribution < 1.29 is 4.79 Å². The second-order valence-corrected chi connectivity index (χ2v) is 6.69. The van der Waals surface area contributed by atoms with E-state index in [0.717, 1.165) is 30.6 Å². The Kier molecular flexibility index (Phi) is 3.92. The first-order valence-electron chi connectivity index (χ1n) is 7.52. The van der Waals surface area contributed by atoms with Crippen LogP contribution in [0, 0.1) is 0 Å². The number of rotatable bonds is 2. The Hall–Kier alpha value is -1.87. The molecule has 3 rings (SSSR count). The molecule has 0 radical (unpaired) electrons. The van der Waals surface area contributed by atoms with E-state index in [-0.39, 0.29) is 11.4 Å². The van der Waals surface area contributed by atoms with Crippen molar-refractivity contribution in [3.8, 4) is 11.3 Å². The van der Waals surface area contributed by atoms with E-state index >= 15 is 0 Å². The minimum absolute atomic E-state index is 0.00489. The summed E-state index contributed by atoms with van der Waals surface area (Å²) >= 11 is 6.28. The van der Waals surface area contributed by atoms with Crippen molar-refractivity contribution in [2.24, 2.45) is 0 Å².